The van der Waals surface area contributed by atoms with Crippen LogP contribution in [0, 0.1) is 5.92 Å². The molecule has 0 radical (unpaired) electrons. The van der Waals surface area contributed by atoms with E-state index in [4.69, 9.17) is 28.4 Å². The molecule has 2 saturated heterocycles. The van der Waals surface area contributed by atoms with Gasteiger partial charge in [0.1, 0.15) is 17.3 Å². The summed E-state index contributed by atoms with van der Waals surface area (Å²) in [4.78, 5) is 0. The van der Waals surface area contributed by atoms with Gasteiger partial charge in [0.15, 0.2) is 23.0 Å². The molecule has 2 heterocycles. The Balaban J connectivity index is 1.80. The highest BCUT2D eigenvalue weighted by Gasteiger charge is 2.71. The minimum absolute atomic E-state index is 0.177. The molecule has 2 fully saturated rings. The Morgan fingerprint density at radius 1 is 0.897 bits per heavy atom. The fraction of sp³-hybridized carbons (Fsp3) is 0.455. The Kier molecular flexibility index (Phi) is 4.00. The van der Waals surface area contributed by atoms with Crippen LogP contribution in [-0.2, 0) is 15.1 Å². The lowest BCUT2D eigenvalue weighted by atomic mass is 9.64. The Morgan fingerprint density at radius 2 is 1.55 bits per heavy atom. The molecule has 0 aromatic heterocycles. The summed E-state index contributed by atoms with van der Waals surface area (Å²) < 4.78 is 34.5. The zero-order valence-corrected chi connectivity index (χ0v) is 16.9. The number of aliphatic hydroxyl groups is 1. The van der Waals surface area contributed by atoms with Crippen LogP contribution in [0.15, 0.2) is 30.3 Å². The molecule has 2 aromatic rings. The summed E-state index contributed by atoms with van der Waals surface area (Å²) in [7, 11) is 6.40. The monoisotopic (exact) mass is 400 g/mol. The molecule has 2 aliphatic heterocycles. The minimum atomic E-state index is -1.11. The van der Waals surface area contributed by atoms with Gasteiger partial charge < -0.3 is 33.5 Å². The zero-order valence-electron chi connectivity index (χ0n) is 16.9. The molecular weight excluding hydrogens is 376 g/mol. The quantitative estimate of drug-likeness (QED) is 0.826. The van der Waals surface area contributed by atoms with Crippen molar-refractivity contribution in [3.8, 4) is 23.0 Å². The first-order chi connectivity index (χ1) is 14.0. The van der Waals surface area contributed by atoms with Crippen molar-refractivity contribution in [3.05, 3.63) is 47.0 Å². The van der Waals surface area contributed by atoms with Gasteiger partial charge in [-0.15, -0.1) is 0 Å². The van der Waals surface area contributed by atoms with Crippen molar-refractivity contribution in [2.75, 3.05) is 41.7 Å². The molecule has 0 saturated carbocycles. The summed E-state index contributed by atoms with van der Waals surface area (Å²) in [6, 6.07) is 9.53. The van der Waals surface area contributed by atoms with Crippen LogP contribution in [0.3, 0.4) is 0 Å². The normalized spacial score (nSPS) is 31.3. The fourth-order valence-corrected chi connectivity index (χ4v) is 5.20. The number of ether oxygens (including phenoxy) is 6. The second-order valence-electron chi connectivity index (χ2n) is 7.65. The zero-order chi connectivity index (χ0) is 20.4. The van der Waals surface area contributed by atoms with Crippen LogP contribution in [0.4, 0.5) is 0 Å². The Morgan fingerprint density at radius 3 is 2.24 bits per heavy atom. The van der Waals surface area contributed by atoms with Crippen LogP contribution >= 0.6 is 0 Å². The molecule has 4 atom stereocenters. The number of hydrogen-bond donors (Lipinski definition) is 1. The van der Waals surface area contributed by atoms with Crippen molar-refractivity contribution >= 4 is 0 Å². The molecule has 3 aliphatic rings. The topological polar surface area (TPSA) is 75.6 Å². The number of benzene rings is 2. The molecule has 0 amide bonds. The first-order valence-electron chi connectivity index (χ1n) is 9.50. The fourth-order valence-electron chi connectivity index (χ4n) is 5.20. The summed E-state index contributed by atoms with van der Waals surface area (Å²) in [6.07, 6.45) is -0.474. The third-order valence-corrected chi connectivity index (χ3v) is 6.56. The molecule has 1 aliphatic carbocycles. The van der Waals surface area contributed by atoms with Crippen LogP contribution in [0.25, 0.3) is 0 Å². The molecule has 2 aromatic carbocycles. The molecule has 7 heteroatoms. The van der Waals surface area contributed by atoms with Gasteiger partial charge in [0, 0.05) is 0 Å². The number of rotatable bonds is 5. The summed E-state index contributed by atoms with van der Waals surface area (Å²) in [5.74, 6) is 2.16. The molecule has 29 heavy (non-hydrogen) atoms. The number of fused-ring (bicyclic) bond motifs is 3. The van der Waals surface area contributed by atoms with E-state index >= 15 is 0 Å². The Bertz CT molecular complexity index is 974. The van der Waals surface area contributed by atoms with E-state index in [-0.39, 0.29) is 12.5 Å². The van der Waals surface area contributed by atoms with Gasteiger partial charge in [0.05, 0.1) is 47.6 Å². The van der Waals surface area contributed by atoms with Crippen molar-refractivity contribution in [1.82, 2.24) is 0 Å². The molecule has 4 bridgehead atoms. The SMILES string of the molecule is COc1ccc([C@]23OC[C@@]4(O)[C@H](OC[C@@H]24)c2cc(OC)c(OC)cc23)cc1OC. The third kappa shape index (κ3) is 2.18. The van der Waals surface area contributed by atoms with Crippen molar-refractivity contribution in [3.63, 3.8) is 0 Å². The number of hydrogen-bond acceptors (Lipinski definition) is 7. The predicted octanol–water partition coefficient (Wildman–Crippen LogP) is 2.43. The summed E-state index contributed by atoms with van der Waals surface area (Å²) in [6.45, 7) is 0.560. The lowest BCUT2D eigenvalue weighted by molar-refractivity contribution is -0.0604. The van der Waals surface area contributed by atoms with E-state index in [1.54, 1.807) is 28.4 Å². The molecule has 154 valence electrons. The summed E-state index contributed by atoms with van der Waals surface area (Å²) in [5, 5.41) is 11.5. The van der Waals surface area contributed by atoms with Gasteiger partial charge in [0.25, 0.3) is 0 Å². The third-order valence-electron chi connectivity index (χ3n) is 6.56. The van der Waals surface area contributed by atoms with E-state index in [2.05, 4.69) is 0 Å². The maximum Gasteiger partial charge on any atom is 0.161 e. The highest BCUT2D eigenvalue weighted by molar-refractivity contribution is 5.59. The largest absolute Gasteiger partial charge is 0.493 e. The van der Waals surface area contributed by atoms with Gasteiger partial charge in [-0.25, -0.2) is 0 Å². The van der Waals surface area contributed by atoms with Gasteiger partial charge in [-0.1, -0.05) is 6.07 Å². The summed E-state index contributed by atoms with van der Waals surface area (Å²) in [5.41, 5.74) is 0.632. The van der Waals surface area contributed by atoms with Crippen molar-refractivity contribution < 1.29 is 33.5 Å². The van der Waals surface area contributed by atoms with Gasteiger partial charge in [0.2, 0.25) is 0 Å². The van der Waals surface area contributed by atoms with Crippen LogP contribution in [0.5, 0.6) is 23.0 Å². The van der Waals surface area contributed by atoms with Gasteiger partial charge >= 0.3 is 0 Å². The second kappa shape index (κ2) is 6.26. The second-order valence-corrected chi connectivity index (χ2v) is 7.65. The van der Waals surface area contributed by atoms with E-state index in [0.717, 1.165) is 16.7 Å². The van der Waals surface area contributed by atoms with E-state index in [0.29, 0.717) is 29.6 Å². The van der Waals surface area contributed by atoms with Crippen molar-refractivity contribution in [1.29, 1.82) is 0 Å². The van der Waals surface area contributed by atoms with Crippen LogP contribution in [-0.4, -0.2) is 52.4 Å². The minimum Gasteiger partial charge on any atom is -0.493 e. The summed E-state index contributed by atoms with van der Waals surface area (Å²) >= 11 is 0. The molecule has 7 nitrogen and oxygen atoms in total. The van der Waals surface area contributed by atoms with Crippen LogP contribution < -0.4 is 18.9 Å². The maximum absolute atomic E-state index is 11.5. The van der Waals surface area contributed by atoms with Crippen molar-refractivity contribution in [2.45, 2.75) is 17.3 Å². The number of methoxy groups -OCH3 is 4. The first-order valence-corrected chi connectivity index (χ1v) is 9.50. The average molecular weight is 400 g/mol. The smallest absolute Gasteiger partial charge is 0.161 e. The van der Waals surface area contributed by atoms with Gasteiger partial charge in [-0.3, -0.25) is 0 Å². The first kappa shape index (κ1) is 18.5. The van der Waals surface area contributed by atoms with Crippen molar-refractivity contribution in [2.24, 2.45) is 5.92 Å². The van der Waals surface area contributed by atoms with E-state index in [1.165, 1.54) is 0 Å². The highest BCUT2D eigenvalue weighted by atomic mass is 16.6. The highest BCUT2D eigenvalue weighted by Crippen LogP contribution is 2.65. The Hall–Kier alpha value is -2.48. The Labute approximate surface area is 169 Å². The van der Waals surface area contributed by atoms with Gasteiger partial charge in [-0.05, 0) is 41.0 Å². The molecule has 5 rings (SSSR count). The van der Waals surface area contributed by atoms with Crippen LogP contribution in [0.2, 0.25) is 0 Å². The lowest BCUT2D eigenvalue weighted by Gasteiger charge is -2.41. The molecule has 0 spiro atoms. The van der Waals surface area contributed by atoms with E-state index in [1.807, 2.05) is 30.3 Å². The molecular formula is C22H24O7. The standard InChI is InChI=1S/C22H24O7/c1-24-15-6-5-12(7-16(15)25-2)22-14-9-18(27-4)17(26-3)8-13(14)20-21(23,11-29-22)19(22)10-28-20/h5-9,19-20,23H,10-11H2,1-4H3/t19-,20-,21+,22-/m1/s1. The van der Waals surface area contributed by atoms with E-state index in [9.17, 15) is 5.11 Å². The lowest BCUT2D eigenvalue weighted by Crippen LogP contribution is -2.48. The van der Waals surface area contributed by atoms with Gasteiger partial charge in [-0.2, -0.15) is 0 Å². The molecule has 1 N–H and O–H groups in total. The predicted molar refractivity (Wildman–Crippen MR) is 103 cm³/mol. The van der Waals surface area contributed by atoms with E-state index < -0.39 is 17.3 Å². The molecule has 0 unspecified atom stereocenters. The van der Waals surface area contributed by atoms with Crippen LogP contribution in [0.1, 0.15) is 22.8 Å². The average Bonchev–Trinajstić information content (AvgIpc) is 3.16. The maximum atomic E-state index is 11.5.